The minimum absolute atomic E-state index is 0.00651. The highest BCUT2D eigenvalue weighted by Gasteiger charge is 2.32. The van der Waals surface area contributed by atoms with Crippen LogP contribution in [0.3, 0.4) is 0 Å². The molecule has 0 bridgehead atoms. The van der Waals surface area contributed by atoms with Gasteiger partial charge in [0.1, 0.15) is 4.90 Å². The van der Waals surface area contributed by atoms with Gasteiger partial charge in [-0.2, -0.15) is 0 Å². The number of halogens is 2. The molecule has 0 spiro atoms. The van der Waals surface area contributed by atoms with Crippen LogP contribution in [-0.4, -0.2) is 33.3 Å². The Morgan fingerprint density at radius 2 is 2.19 bits per heavy atom. The van der Waals surface area contributed by atoms with Gasteiger partial charge in [-0.25, -0.2) is 13.1 Å². The molecule has 8 heteroatoms. The molecule has 21 heavy (non-hydrogen) atoms. The molecule has 1 aromatic carbocycles. The third-order valence-electron chi connectivity index (χ3n) is 3.67. The Balaban J connectivity index is 2.36. The average Bonchev–Trinajstić information content (AvgIpc) is 2.84. The second-order valence-corrected chi connectivity index (χ2v) is 7.99. The van der Waals surface area contributed by atoms with Crippen molar-refractivity contribution in [2.45, 2.75) is 30.2 Å². The highest BCUT2D eigenvalue weighted by Crippen LogP contribution is 2.36. The first-order valence-corrected chi connectivity index (χ1v) is 9.20. The van der Waals surface area contributed by atoms with Crippen LogP contribution >= 0.6 is 27.5 Å². The predicted molar refractivity (Wildman–Crippen MR) is 84.2 cm³/mol. The highest BCUT2D eigenvalue weighted by atomic mass is 79.9. The number of aliphatic hydroxyl groups excluding tert-OH is 1. The molecule has 2 atom stereocenters. The lowest BCUT2D eigenvalue weighted by Crippen LogP contribution is -2.38. The fourth-order valence-electron chi connectivity index (χ4n) is 2.61. The maximum absolute atomic E-state index is 12.6. The van der Waals surface area contributed by atoms with Crippen molar-refractivity contribution < 1.29 is 18.3 Å². The Morgan fingerprint density at radius 1 is 1.48 bits per heavy atom. The molecule has 0 radical (unpaired) electrons. The molecule has 1 aliphatic rings. The van der Waals surface area contributed by atoms with E-state index in [1.807, 2.05) is 0 Å². The van der Waals surface area contributed by atoms with Crippen molar-refractivity contribution in [3.8, 4) is 5.75 Å². The molecular formula is C13H17BrClNO4S. The molecule has 1 saturated carbocycles. The Labute approximate surface area is 137 Å². The molecular weight excluding hydrogens is 382 g/mol. The number of sulfonamides is 1. The van der Waals surface area contributed by atoms with E-state index in [4.69, 9.17) is 16.3 Å². The van der Waals surface area contributed by atoms with Crippen LogP contribution in [0.15, 0.2) is 21.5 Å². The summed E-state index contributed by atoms with van der Waals surface area (Å²) in [6.07, 6.45) is 2.43. The first-order valence-electron chi connectivity index (χ1n) is 6.55. The van der Waals surface area contributed by atoms with Gasteiger partial charge in [-0.1, -0.05) is 18.0 Å². The van der Waals surface area contributed by atoms with E-state index in [9.17, 15) is 13.5 Å². The van der Waals surface area contributed by atoms with E-state index in [0.29, 0.717) is 15.9 Å². The van der Waals surface area contributed by atoms with E-state index in [-0.39, 0.29) is 29.2 Å². The first-order chi connectivity index (χ1) is 9.89. The van der Waals surface area contributed by atoms with Crippen LogP contribution in [0.2, 0.25) is 5.02 Å². The number of rotatable bonds is 5. The molecule has 0 aromatic heterocycles. The Hall–Kier alpha value is -0.340. The Bertz CT molecular complexity index is 623. The van der Waals surface area contributed by atoms with Gasteiger partial charge in [-0.3, -0.25) is 0 Å². The van der Waals surface area contributed by atoms with E-state index in [2.05, 4.69) is 20.7 Å². The first kappa shape index (κ1) is 17.0. The van der Waals surface area contributed by atoms with Crippen molar-refractivity contribution in [1.29, 1.82) is 0 Å². The molecule has 1 aromatic rings. The zero-order valence-electron chi connectivity index (χ0n) is 11.5. The number of hydrogen-bond acceptors (Lipinski definition) is 4. The average molecular weight is 399 g/mol. The molecule has 0 aliphatic heterocycles. The summed E-state index contributed by atoms with van der Waals surface area (Å²) < 4.78 is 33.5. The van der Waals surface area contributed by atoms with Crippen molar-refractivity contribution in [3.05, 3.63) is 21.6 Å². The van der Waals surface area contributed by atoms with Gasteiger partial charge in [0.25, 0.3) is 0 Å². The zero-order chi connectivity index (χ0) is 15.6. The lowest BCUT2D eigenvalue weighted by atomic mass is 10.1. The topological polar surface area (TPSA) is 75.6 Å². The van der Waals surface area contributed by atoms with Gasteiger partial charge in [0.2, 0.25) is 10.0 Å². The second kappa shape index (κ2) is 6.83. The fraction of sp³-hybridized carbons (Fsp3) is 0.538. The lowest BCUT2D eigenvalue weighted by Gasteiger charge is -2.20. The normalized spacial score (nSPS) is 22.5. The van der Waals surface area contributed by atoms with Gasteiger partial charge in [-0.15, -0.1) is 0 Å². The monoisotopic (exact) mass is 397 g/mol. The molecule has 1 aliphatic carbocycles. The fourth-order valence-corrected chi connectivity index (χ4v) is 5.33. The standard InChI is InChI=1S/C13H17BrClNO4S/c1-20-13-10(14)5-9(15)6-12(13)21(18,19)16-11-4-2-3-8(11)7-17/h5-6,8,11,16-17H,2-4,7H2,1H3. The van der Waals surface area contributed by atoms with Crippen molar-refractivity contribution >= 4 is 37.6 Å². The van der Waals surface area contributed by atoms with Crippen LogP contribution in [-0.2, 0) is 10.0 Å². The van der Waals surface area contributed by atoms with Crippen LogP contribution in [0, 0.1) is 5.92 Å². The number of hydrogen-bond donors (Lipinski definition) is 2. The summed E-state index contributed by atoms with van der Waals surface area (Å²) in [5.74, 6) is 0.166. The third-order valence-corrected chi connectivity index (χ3v) is 5.97. The molecule has 5 nitrogen and oxygen atoms in total. The third kappa shape index (κ3) is 3.71. The predicted octanol–water partition coefficient (Wildman–Crippen LogP) is 2.55. The van der Waals surface area contributed by atoms with Gasteiger partial charge < -0.3 is 9.84 Å². The van der Waals surface area contributed by atoms with E-state index < -0.39 is 10.0 Å². The summed E-state index contributed by atoms with van der Waals surface area (Å²) >= 11 is 9.19. The van der Waals surface area contributed by atoms with E-state index in [0.717, 1.165) is 12.8 Å². The smallest absolute Gasteiger partial charge is 0.244 e. The summed E-state index contributed by atoms with van der Waals surface area (Å²) in [6, 6.07) is 2.67. The molecule has 0 heterocycles. The molecule has 1 fully saturated rings. The van der Waals surface area contributed by atoms with Crippen LogP contribution < -0.4 is 9.46 Å². The number of benzene rings is 1. The number of aliphatic hydroxyl groups is 1. The van der Waals surface area contributed by atoms with Crippen molar-refractivity contribution in [3.63, 3.8) is 0 Å². The van der Waals surface area contributed by atoms with E-state index in [1.165, 1.54) is 13.2 Å². The van der Waals surface area contributed by atoms with Crippen molar-refractivity contribution in [2.75, 3.05) is 13.7 Å². The zero-order valence-corrected chi connectivity index (χ0v) is 14.6. The van der Waals surface area contributed by atoms with Crippen LogP contribution in [0.5, 0.6) is 5.75 Å². The van der Waals surface area contributed by atoms with Crippen LogP contribution in [0.25, 0.3) is 0 Å². The maximum Gasteiger partial charge on any atom is 0.244 e. The van der Waals surface area contributed by atoms with Gasteiger partial charge in [0.05, 0.1) is 11.6 Å². The quantitative estimate of drug-likeness (QED) is 0.799. The largest absolute Gasteiger partial charge is 0.494 e. The van der Waals surface area contributed by atoms with Crippen molar-refractivity contribution in [1.82, 2.24) is 4.72 Å². The SMILES string of the molecule is COc1c(Br)cc(Cl)cc1S(=O)(=O)NC1CCCC1CO. The molecule has 0 saturated heterocycles. The molecule has 2 N–H and O–H groups in total. The van der Waals surface area contributed by atoms with Crippen LogP contribution in [0.1, 0.15) is 19.3 Å². The summed E-state index contributed by atoms with van der Waals surface area (Å²) in [5, 5.41) is 9.60. The summed E-state index contributed by atoms with van der Waals surface area (Å²) in [4.78, 5) is -0.00651. The minimum atomic E-state index is -3.78. The molecule has 2 rings (SSSR count). The Kier molecular flexibility index (Phi) is 5.54. The van der Waals surface area contributed by atoms with Gasteiger partial charge in [0, 0.05) is 17.7 Å². The van der Waals surface area contributed by atoms with Crippen LogP contribution in [0.4, 0.5) is 0 Å². The number of nitrogens with one attached hydrogen (secondary N) is 1. The molecule has 118 valence electrons. The summed E-state index contributed by atoms with van der Waals surface area (Å²) in [7, 11) is -2.37. The van der Waals surface area contributed by atoms with Gasteiger partial charge >= 0.3 is 0 Å². The molecule has 0 amide bonds. The second-order valence-electron chi connectivity index (χ2n) is 5.02. The van der Waals surface area contributed by atoms with E-state index in [1.54, 1.807) is 6.07 Å². The number of ether oxygens (including phenoxy) is 1. The van der Waals surface area contributed by atoms with Gasteiger partial charge in [-0.05, 0) is 46.8 Å². The summed E-state index contributed by atoms with van der Waals surface area (Å²) in [6.45, 7) is -0.0242. The lowest BCUT2D eigenvalue weighted by molar-refractivity contribution is 0.213. The minimum Gasteiger partial charge on any atom is -0.494 e. The summed E-state index contributed by atoms with van der Waals surface area (Å²) in [5.41, 5.74) is 0. The van der Waals surface area contributed by atoms with Crippen molar-refractivity contribution in [2.24, 2.45) is 5.92 Å². The number of methoxy groups -OCH3 is 1. The van der Waals surface area contributed by atoms with E-state index >= 15 is 0 Å². The Morgan fingerprint density at radius 3 is 2.81 bits per heavy atom. The highest BCUT2D eigenvalue weighted by molar-refractivity contribution is 9.10. The maximum atomic E-state index is 12.6. The molecule has 2 unspecified atom stereocenters. The van der Waals surface area contributed by atoms with Gasteiger partial charge in [0.15, 0.2) is 5.75 Å².